The highest BCUT2D eigenvalue weighted by molar-refractivity contribution is 5.79. The highest BCUT2D eigenvalue weighted by Gasteiger charge is 2.33. The molecular weight excluding hydrogens is 508 g/mol. The number of aromatic nitrogens is 2. The average Bonchev–Trinajstić information content (AvgIpc) is 3.51. The summed E-state index contributed by atoms with van der Waals surface area (Å²) in [5.41, 5.74) is 0. The Morgan fingerprint density at radius 1 is 1.07 bits per heavy atom. The van der Waals surface area contributed by atoms with Crippen LogP contribution in [0, 0.1) is 28.6 Å². The summed E-state index contributed by atoms with van der Waals surface area (Å²) in [6.07, 6.45) is 14.2. The van der Waals surface area contributed by atoms with Crippen molar-refractivity contribution in [3.63, 3.8) is 0 Å². The number of rotatable bonds is 10. The van der Waals surface area contributed by atoms with Gasteiger partial charge in [0.1, 0.15) is 5.76 Å². The summed E-state index contributed by atoms with van der Waals surface area (Å²) in [6, 6.07) is 0.647. The molecule has 1 aromatic heterocycles. The normalized spacial score (nSPS) is 26.7. The van der Waals surface area contributed by atoms with Crippen LogP contribution in [0.2, 0.25) is 0 Å². The summed E-state index contributed by atoms with van der Waals surface area (Å²) in [4.78, 5) is 34.5. The van der Waals surface area contributed by atoms with Crippen LogP contribution in [-0.4, -0.2) is 84.8 Å². The molecule has 2 aliphatic carbocycles. The predicted molar refractivity (Wildman–Crippen MR) is 154 cm³/mol. The molecule has 0 N–H and O–H groups in total. The smallest absolute Gasteiger partial charge is 0.324 e. The van der Waals surface area contributed by atoms with E-state index in [4.69, 9.17) is 9.26 Å². The molecule has 0 bridgehead atoms. The SMILES string of the molecule is CC(C)c1noc(N2CCC(COC3=CCC(C4CCC(C(=O)N5CCN(CCN=O)CC5)CC4)C=C3)CC2)n1. The second kappa shape index (κ2) is 13.7. The maximum absolute atomic E-state index is 13.1. The van der Waals surface area contributed by atoms with E-state index in [1.165, 1.54) is 0 Å². The molecule has 0 spiro atoms. The summed E-state index contributed by atoms with van der Waals surface area (Å²) < 4.78 is 11.7. The summed E-state index contributed by atoms with van der Waals surface area (Å²) >= 11 is 0. The third kappa shape index (κ3) is 7.30. The fraction of sp³-hybridized carbons (Fsp3) is 0.767. The van der Waals surface area contributed by atoms with Crippen molar-refractivity contribution in [1.29, 1.82) is 0 Å². The van der Waals surface area contributed by atoms with Crippen molar-refractivity contribution in [1.82, 2.24) is 19.9 Å². The Hall–Kier alpha value is -2.75. The van der Waals surface area contributed by atoms with Gasteiger partial charge < -0.3 is 19.1 Å². The molecule has 1 aromatic rings. The quantitative estimate of drug-likeness (QED) is 0.387. The van der Waals surface area contributed by atoms with Crippen LogP contribution in [-0.2, 0) is 9.53 Å². The molecule has 40 heavy (non-hydrogen) atoms. The molecule has 0 aromatic carbocycles. The van der Waals surface area contributed by atoms with E-state index in [0.717, 1.165) is 102 Å². The first-order valence-electron chi connectivity index (χ1n) is 15.4. The Labute approximate surface area is 238 Å². The van der Waals surface area contributed by atoms with E-state index in [2.05, 4.69) is 57.2 Å². The molecule has 1 unspecified atom stereocenters. The van der Waals surface area contributed by atoms with Gasteiger partial charge in [0.05, 0.1) is 13.2 Å². The van der Waals surface area contributed by atoms with Crippen molar-refractivity contribution in [2.45, 2.75) is 64.7 Å². The van der Waals surface area contributed by atoms with E-state index >= 15 is 0 Å². The predicted octanol–water partition coefficient (Wildman–Crippen LogP) is 4.60. The molecule has 10 heteroatoms. The Bertz CT molecular complexity index is 1030. The van der Waals surface area contributed by atoms with Crippen LogP contribution in [0.3, 0.4) is 0 Å². The van der Waals surface area contributed by atoms with E-state index in [9.17, 15) is 9.70 Å². The van der Waals surface area contributed by atoms with Crippen LogP contribution in [0.25, 0.3) is 0 Å². The Morgan fingerprint density at radius 2 is 1.82 bits per heavy atom. The number of ether oxygens (including phenoxy) is 1. The first kappa shape index (κ1) is 28.8. The summed E-state index contributed by atoms with van der Waals surface area (Å²) in [7, 11) is 0. The van der Waals surface area contributed by atoms with Gasteiger partial charge in [0.15, 0.2) is 5.82 Å². The van der Waals surface area contributed by atoms with Crippen LogP contribution in [0.4, 0.5) is 6.01 Å². The molecular formula is C30H46N6O4. The lowest BCUT2D eigenvalue weighted by Crippen LogP contribution is -2.51. The fourth-order valence-electron chi connectivity index (χ4n) is 6.59. The number of nitroso groups, excluding NO2 is 1. The van der Waals surface area contributed by atoms with Gasteiger partial charge in [-0.1, -0.05) is 30.3 Å². The van der Waals surface area contributed by atoms with Crippen molar-refractivity contribution in [2.75, 3.05) is 63.9 Å². The number of nitrogens with zero attached hydrogens (tertiary/aromatic N) is 6. The number of piperazine rings is 1. The van der Waals surface area contributed by atoms with Crippen molar-refractivity contribution < 1.29 is 14.1 Å². The molecule has 4 aliphatic rings. The fourth-order valence-corrected chi connectivity index (χ4v) is 6.59. The Balaban J connectivity index is 0.975. The Morgan fingerprint density at radius 3 is 2.45 bits per heavy atom. The van der Waals surface area contributed by atoms with Gasteiger partial charge >= 0.3 is 6.01 Å². The minimum atomic E-state index is 0.171. The minimum absolute atomic E-state index is 0.171. The number of hydrogen-bond donors (Lipinski definition) is 0. The van der Waals surface area contributed by atoms with Crippen LogP contribution >= 0.6 is 0 Å². The summed E-state index contributed by atoms with van der Waals surface area (Å²) in [5.74, 6) is 4.30. The van der Waals surface area contributed by atoms with Crippen LogP contribution < -0.4 is 4.90 Å². The molecule has 3 fully saturated rings. The molecule has 3 heterocycles. The van der Waals surface area contributed by atoms with E-state index in [0.29, 0.717) is 42.8 Å². The molecule has 10 nitrogen and oxygen atoms in total. The molecule has 220 valence electrons. The number of carbonyl (C=O) groups excluding carboxylic acids is 1. The van der Waals surface area contributed by atoms with Gasteiger partial charge in [-0.05, 0) is 74.9 Å². The van der Waals surface area contributed by atoms with Gasteiger partial charge in [0.25, 0.3) is 0 Å². The highest BCUT2D eigenvalue weighted by Crippen LogP contribution is 2.38. The zero-order valence-corrected chi connectivity index (χ0v) is 24.2. The maximum atomic E-state index is 13.1. The van der Waals surface area contributed by atoms with E-state index < -0.39 is 0 Å². The van der Waals surface area contributed by atoms with Crippen LogP contribution in [0.1, 0.15) is 70.5 Å². The number of anilines is 1. The lowest BCUT2D eigenvalue weighted by Gasteiger charge is -2.38. The van der Waals surface area contributed by atoms with Crippen LogP contribution in [0.15, 0.2) is 33.7 Å². The summed E-state index contributed by atoms with van der Waals surface area (Å²) in [6.45, 7) is 11.0. The molecule has 1 saturated carbocycles. The number of hydrogen-bond acceptors (Lipinski definition) is 9. The molecule has 5 rings (SSSR count). The van der Waals surface area contributed by atoms with E-state index in [1.54, 1.807) is 0 Å². The molecule has 1 amide bonds. The first-order valence-corrected chi connectivity index (χ1v) is 15.4. The third-order valence-electron chi connectivity index (χ3n) is 9.34. The van der Waals surface area contributed by atoms with E-state index in [-0.39, 0.29) is 11.8 Å². The van der Waals surface area contributed by atoms with Gasteiger partial charge in [-0.25, -0.2) is 0 Å². The lowest BCUT2D eigenvalue weighted by atomic mass is 9.73. The standard InChI is InChI=1S/C30H46N6O4/c1-22(2)28-32-30(40-33-28)36-14-11-23(12-15-36)21-39-27-9-7-25(8-10-27)24-3-5-26(6-4-24)29(37)35-19-17-34(18-20-35)16-13-31-38/h7,9-10,22-26H,3-6,8,11-21H2,1-2H3. The first-order chi connectivity index (χ1) is 19.5. The van der Waals surface area contributed by atoms with Crippen LogP contribution in [0.5, 0.6) is 0 Å². The molecule has 2 aliphatic heterocycles. The number of allylic oxidation sites excluding steroid dienone is 3. The van der Waals surface area contributed by atoms with Crippen molar-refractivity contribution in [3.05, 3.63) is 34.7 Å². The van der Waals surface area contributed by atoms with Crippen molar-refractivity contribution in [2.24, 2.45) is 28.8 Å². The minimum Gasteiger partial charge on any atom is -0.494 e. The zero-order chi connectivity index (χ0) is 27.9. The molecule has 0 radical (unpaired) electrons. The average molecular weight is 555 g/mol. The lowest BCUT2D eigenvalue weighted by molar-refractivity contribution is -0.138. The monoisotopic (exact) mass is 554 g/mol. The largest absolute Gasteiger partial charge is 0.494 e. The second-order valence-electron chi connectivity index (χ2n) is 12.3. The third-order valence-corrected chi connectivity index (χ3v) is 9.34. The highest BCUT2D eigenvalue weighted by atomic mass is 16.5. The van der Waals surface area contributed by atoms with Gasteiger partial charge in [0.2, 0.25) is 5.91 Å². The van der Waals surface area contributed by atoms with Gasteiger partial charge in [-0.3, -0.25) is 9.69 Å². The van der Waals surface area contributed by atoms with Crippen molar-refractivity contribution in [3.8, 4) is 0 Å². The summed E-state index contributed by atoms with van der Waals surface area (Å²) in [5, 5.41) is 7.05. The number of piperidine rings is 1. The van der Waals surface area contributed by atoms with Crippen molar-refractivity contribution >= 4 is 11.9 Å². The van der Waals surface area contributed by atoms with Gasteiger partial charge in [0, 0.05) is 57.6 Å². The number of amides is 1. The molecule has 1 atom stereocenters. The van der Waals surface area contributed by atoms with Gasteiger partial charge in [-0.15, -0.1) is 0 Å². The van der Waals surface area contributed by atoms with Gasteiger partial charge in [-0.2, -0.15) is 9.89 Å². The Kier molecular flexibility index (Phi) is 9.88. The maximum Gasteiger partial charge on any atom is 0.324 e. The topological polar surface area (TPSA) is 104 Å². The number of carbonyl (C=O) groups is 1. The zero-order valence-electron chi connectivity index (χ0n) is 24.2. The second-order valence-corrected chi connectivity index (χ2v) is 12.3. The molecule has 2 saturated heterocycles. The van der Waals surface area contributed by atoms with E-state index in [1.807, 2.05) is 4.90 Å².